The number of amides is 2. The predicted molar refractivity (Wildman–Crippen MR) is 18.8 cm³/mol. The normalized spacial score (nSPS) is 17.0. The van der Waals surface area contributed by atoms with E-state index >= 15 is 0 Å². The Bertz CT molecular complexity index is 87.0. The Balaban J connectivity index is 2.52. The third-order valence-electron chi connectivity index (χ3n) is 0.383. The van der Waals surface area contributed by atoms with Crippen LogP contribution in [0, 0.1) is 0 Å². The number of carbonyl (C=O) groups excluding carboxylic acids is 1. The highest BCUT2D eigenvalue weighted by Crippen LogP contribution is 1.56. The molecule has 0 bridgehead atoms. The lowest BCUT2D eigenvalue weighted by Gasteiger charge is -1.66. The fourth-order valence-corrected chi connectivity index (χ4v) is 0.185. The summed E-state index contributed by atoms with van der Waals surface area (Å²) < 4.78 is 0. The van der Waals surface area contributed by atoms with Crippen LogP contribution < -0.4 is 15.8 Å². The van der Waals surface area contributed by atoms with Crippen molar-refractivity contribution in [2.45, 2.75) is 0 Å². The molecule has 0 unspecified atom stereocenters. The van der Waals surface area contributed by atoms with Crippen LogP contribution >= 0.6 is 0 Å². The molecular formula is C2H2N3O+. The average Bonchev–Trinajstić information content (AvgIpc) is 1.86. The molecule has 0 saturated heterocycles. The van der Waals surface area contributed by atoms with E-state index in [0.717, 1.165) is 0 Å². The van der Waals surface area contributed by atoms with Crippen molar-refractivity contribution in [3.8, 4) is 0 Å². The third-order valence-corrected chi connectivity index (χ3v) is 0.383. The van der Waals surface area contributed by atoms with Gasteiger partial charge in [-0.15, -0.1) is 5.43 Å². The van der Waals surface area contributed by atoms with E-state index in [9.17, 15) is 4.79 Å². The number of urea groups is 1. The number of hydrogen-bond acceptors (Lipinski definition) is 2. The molecular weight excluding hydrogens is 82.0 g/mol. The molecule has 0 saturated carbocycles. The minimum Gasteiger partial charge on any atom is -0.217 e. The van der Waals surface area contributed by atoms with Gasteiger partial charge in [0.05, 0.1) is 5.10 Å². The smallest absolute Gasteiger partial charge is 0.217 e. The molecule has 4 nitrogen and oxygen atoms in total. The molecule has 2 radical (unpaired) electrons. The summed E-state index contributed by atoms with van der Waals surface area (Å²) in [5.41, 5.74) is 2.08. The van der Waals surface area contributed by atoms with Gasteiger partial charge in [0.15, 0.2) is 0 Å². The molecule has 1 aliphatic rings. The van der Waals surface area contributed by atoms with Crippen LogP contribution in [0.2, 0.25) is 0 Å². The Morgan fingerprint density at radius 1 is 1.83 bits per heavy atom. The maximum atomic E-state index is 9.86. The minimum atomic E-state index is -0.324. The largest absolute Gasteiger partial charge is 0.446 e. The maximum Gasteiger partial charge on any atom is 0.446 e. The van der Waals surface area contributed by atoms with Gasteiger partial charge in [-0.05, 0) is 0 Å². The van der Waals surface area contributed by atoms with Gasteiger partial charge in [-0.2, -0.15) is 5.32 Å². The summed E-state index contributed by atoms with van der Waals surface area (Å²) in [6.07, 6.45) is 2.19. The van der Waals surface area contributed by atoms with E-state index in [1.807, 2.05) is 0 Å². The number of rotatable bonds is 0. The second-order valence-corrected chi connectivity index (χ2v) is 0.790. The highest BCUT2D eigenvalue weighted by Gasteiger charge is 2.12. The van der Waals surface area contributed by atoms with Crippen LogP contribution in [0.15, 0.2) is 0 Å². The van der Waals surface area contributed by atoms with Crippen molar-refractivity contribution < 1.29 is 4.79 Å². The van der Waals surface area contributed by atoms with Crippen LogP contribution in [0.4, 0.5) is 4.79 Å². The van der Waals surface area contributed by atoms with Gasteiger partial charge in [0.2, 0.25) is 0 Å². The van der Waals surface area contributed by atoms with Crippen molar-refractivity contribution in [3.05, 3.63) is 0 Å². The molecule has 2 N–H and O–H groups in total. The van der Waals surface area contributed by atoms with Crippen LogP contribution in [-0.2, 0) is 0 Å². The van der Waals surface area contributed by atoms with Crippen molar-refractivity contribution >= 4 is 12.4 Å². The zero-order chi connectivity index (χ0) is 4.41. The van der Waals surface area contributed by atoms with Gasteiger partial charge in [0.1, 0.15) is 0 Å². The summed E-state index contributed by atoms with van der Waals surface area (Å²) in [5.74, 6) is 0. The van der Waals surface area contributed by atoms with Gasteiger partial charge >= 0.3 is 12.4 Å². The number of hydrogen-bond donors (Lipinski definition) is 2. The molecule has 4 heteroatoms. The van der Waals surface area contributed by atoms with Crippen LogP contribution in [-0.4, -0.2) is 12.4 Å². The monoisotopic (exact) mass is 84.0 g/mol. The van der Waals surface area contributed by atoms with E-state index in [4.69, 9.17) is 0 Å². The van der Waals surface area contributed by atoms with Gasteiger partial charge in [-0.1, -0.05) is 0 Å². The van der Waals surface area contributed by atoms with Crippen LogP contribution in [0.25, 0.3) is 0 Å². The summed E-state index contributed by atoms with van der Waals surface area (Å²) in [4.78, 5) is 9.86. The lowest BCUT2D eigenvalue weighted by Crippen LogP contribution is -2.23. The summed E-state index contributed by atoms with van der Waals surface area (Å²) in [7, 11) is 0. The van der Waals surface area contributed by atoms with Crippen molar-refractivity contribution in [2.24, 2.45) is 0 Å². The Morgan fingerprint density at radius 2 is 2.67 bits per heavy atom. The molecule has 1 rings (SSSR count). The highest BCUT2D eigenvalue weighted by atomic mass is 16.2. The molecule has 0 aromatic rings. The molecule has 0 spiro atoms. The Labute approximate surface area is 34.2 Å². The topological polar surface area (TPSA) is 55.2 Å². The van der Waals surface area contributed by atoms with Crippen molar-refractivity contribution in [2.75, 3.05) is 0 Å². The molecule has 1 aliphatic heterocycles. The van der Waals surface area contributed by atoms with Gasteiger partial charge in [0.25, 0.3) is 0 Å². The molecule has 0 aliphatic carbocycles. The average molecular weight is 84.1 g/mol. The van der Waals surface area contributed by atoms with Gasteiger partial charge in [0, 0.05) is 0 Å². The Hall–Kier alpha value is -1.06. The second-order valence-electron chi connectivity index (χ2n) is 0.790. The Kier molecular flexibility index (Phi) is 0.506. The molecule has 0 aromatic heterocycles. The van der Waals surface area contributed by atoms with Crippen LogP contribution in [0.3, 0.4) is 0 Å². The molecule has 6 heavy (non-hydrogen) atoms. The number of nitrogens with zero attached hydrogens (tertiary/aromatic N) is 1. The number of nitrogens with one attached hydrogen (secondary N) is 2. The first-order valence-electron chi connectivity index (χ1n) is 1.40. The number of hydrazone groups is 1. The summed E-state index contributed by atoms with van der Waals surface area (Å²) in [6.45, 7) is 0. The van der Waals surface area contributed by atoms with E-state index in [1.165, 1.54) is 0 Å². The fraction of sp³-hybridized carbons (Fsp3) is 0. The molecule has 2 amide bonds. The van der Waals surface area contributed by atoms with Crippen molar-refractivity contribution in [1.82, 2.24) is 15.8 Å². The minimum absolute atomic E-state index is 0.324. The molecule has 0 fully saturated rings. The van der Waals surface area contributed by atoms with Gasteiger partial charge in [-0.3, -0.25) is 0 Å². The van der Waals surface area contributed by atoms with E-state index in [0.29, 0.717) is 0 Å². The zero-order valence-electron chi connectivity index (χ0n) is 2.86. The molecule has 1 heterocycles. The maximum absolute atomic E-state index is 9.86. The summed E-state index contributed by atoms with van der Waals surface area (Å²) >= 11 is 0. The van der Waals surface area contributed by atoms with Crippen LogP contribution in [0.5, 0.6) is 0 Å². The van der Waals surface area contributed by atoms with Crippen molar-refractivity contribution in [1.29, 1.82) is 0 Å². The third kappa shape index (κ3) is 0.314. The van der Waals surface area contributed by atoms with E-state index < -0.39 is 0 Å². The second kappa shape index (κ2) is 0.965. The molecule has 0 atom stereocenters. The van der Waals surface area contributed by atoms with Crippen molar-refractivity contribution in [3.63, 3.8) is 0 Å². The highest BCUT2D eigenvalue weighted by molar-refractivity contribution is 5.89. The molecule has 0 aromatic carbocycles. The fourth-order valence-electron chi connectivity index (χ4n) is 0.185. The predicted octanol–water partition coefficient (Wildman–Crippen LogP) is -1.54. The lowest BCUT2D eigenvalue weighted by atomic mass is 11.1. The SMILES string of the molecule is O=C1N[C]=[N+]N1. The standard InChI is InChI=1S/C2H2N3O/c6-2-3-1-4-5-2/h(H2,3,5,6)/q+1. The van der Waals surface area contributed by atoms with E-state index in [1.54, 1.807) is 0 Å². The Morgan fingerprint density at radius 3 is 2.83 bits per heavy atom. The van der Waals surface area contributed by atoms with Gasteiger partial charge in [-0.25, -0.2) is 4.79 Å². The zero-order valence-corrected chi connectivity index (χ0v) is 2.86. The first-order valence-corrected chi connectivity index (χ1v) is 1.40. The summed E-state index contributed by atoms with van der Waals surface area (Å²) in [6, 6.07) is -0.324. The van der Waals surface area contributed by atoms with E-state index in [-0.39, 0.29) is 6.03 Å². The summed E-state index contributed by atoms with van der Waals surface area (Å²) in [5, 5.41) is 5.36. The first kappa shape index (κ1) is 3.14. The van der Waals surface area contributed by atoms with E-state index in [2.05, 4.69) is 22.2 Å². The first-order chi connectivity index (χ1) is 2.89. The van der Waals surface area contributed by atoms with Gasteiger partial charge < -0.3 is 0 Å². The quantitative estimate of drug-likeness (QED) is 0.367. The number of carbonyl (C=O) groups is 1. The lowest BCUT2D eigenvalue weighted by molar-refractivity contribution is 0.247. The molecule has 30 valence electrons. The van der Waals surface area contributed by atoms with Crippen LogP contribution in [0.1, 0.15) is 0 Å².